The van der Waals surface area contributed by atoms with Crippen molar-refractivity contribution in [3.63, 3.8) is 0 Å². The maximum Gasteiger partial charge on any atom is 0.262 e. The maximum atomic E-state index is 14.4. The summed E-state index contributed by atoms with van der Waals surface area (Å²) in [6, 6.07) is 30.7. The molecule has 0 aliphatic carbocycles. The first-order valence-corrected chi connectivity index (χ1v) is 17.4. The molecule has 0 saturated heterocycles. The third kappa shape index (κ3) is 6.26. The number of para-hydroxylation sites is 1. The van der Waals surface area contributed by atoms with Crippen molar-refractivity contribution < 1.29 is 17.6 Å². The number of fused-ring (bicyclic) bond motifs is 2. The van der Waals surface area contributed by atoms with Gasteiger partial charge in [0.15, 0.2) is 5.82 Å². The molecule has 250 valence electrons. The molecule has 0 saturated carbocycles. The molecule has 3 N–H and O–H groups in total. The number of rotatable bonds is 9. The van der Waals surface area contributed by atoms with Crippen molar-refractivity contribution in [2.24, 2.45) is 0 Å². The van der Waals surface area contributed by atoms with Crippen molar-refractivity contribution in [3.8, 4) is 22.8 Å². The minimum atomic E-state index is -4.26. The molecule has 2 aromatic heterocycles. The Morgan fingerprint density at radius 1 is 0.820 bits per heavy atom. The average molecular weight is 685 g/mol. The lowest BCUT2D eigenvalue weighted by Crippen LogP contribution is -2.28. The van der Waals surface area contributed by atoms with Crippen LogP contribution in [0.1, 0.15) is 28.9 Å². The fourth-order valence-corrected chi connectivity index (χ4v) is 7.39. The summed E-state index contributed by atoms with van der Waals surface area (Å²) in [6.07, 6.45) is 3.36. The molecule has 7 rings (SSSR count). The highest BCUT2D eigenvalue weighted by Gasteiger charge is 2.26. The van der Waals surface area contributed by atoms with Crippen LogP contribution in [0, 0.1) is 5.82 Å². The molecule has 0 radical (unpaired) electrons. The summed E-state index contributed by atoms with van der Waals surface area (Å²) < 4.78 is 45.1. The van der Waals surface area contributed by atoms with E-state index in [1.54, 1.807) is 67.8 Å². The highest BCUT2D eigenvalue weighted by Crippen LogP contribution is 2.36. The van der Waals surface area contributed by atoms with E-state index in [9.17, 15) is 17.6 Å². The van der Waals surface area contributed by atoms with Crippen LogP contribution in [0.25, 0.3) is 44.3 Å². The van der Waals surface area contributed by atoms with Crippen molar-refractivity contribution in [2.45, 2.75) is 17.9 Å². The molecule has 1 atom stereocenters. The molecule has 0 bridgehead atoms. The molecular formula is C39H33FN6O3S. The number of H-pyrrole nitrogens is 1. The first-order chi connectivity index (χ1) is 24.1. The molecule has 50 heavy (non-hydrogen) atoms. The number of benzene rings is 5. The summed E-state index contributed by atoms with van der Waals surface area (Å²) in [4.78, 5) is 28.4. The zero-order valence-corrected chi connectivity index (χ0v) is 28.3. The fraction of sp³-hybridized carbons (Fsp3) is 0.103. The summed E-state index contributed by atoms with van der Waals surface area (Å²) in [5.41, 5.74) is 3.19. The van der Waals surface area contributed by atoms with Crippen LogP contribution in [0.3, 0.4) is 0 Å². The van der Waals surface area contributed by atoms with E-state index in [-0.39, 0.29) is 22.0 Å². The van der Waals surface area contributed by atoms with E-state index >= 15 is 0 Å². The number of hydrogen-bond acceptors (Lipinski definition) is 6. The Hall–Kier alpha value is -6.07. The van der Waals surface area contributed by atoms with Crippen LogP contribution in [-0.2, 0) is 10.0 Å². The number of hydrogen-bond donors (Lipinski definition) is 3. The Kier molecular flexibility index (Phi) is 8.50. The van der Waals surface area contributed by atoms with E-state index in [4.69, 9.17) is 0 Å². The topological polar surface area (TPSA) is 120 Å². The molecule has 11 heteroatoms. The number of aromatic amines is 1. The predicted octanol–water partition coefficient (Wildman–Crippen LogP) is 7.94. The Balaban J connectivity index is 1.33. The lowest BCUT2D eigenvalue weighted by atomic mass is 10.0. The van der Waals surface area contributed by atoms with Crippen molar-refractivity contribution in [3.05, 3.63) is 139 Å². The van der Waals surface area contributed by atoms with Crippen LogP contribution in [0.5, 0.6) is 0 Å². The number of imidazole rings is 1. The molecule has 0 spiro atoms. The van der Waals surface area contributed by atoms with Gasteiger partial charge in [-0.1, -0.05) is 72.8 Å². The maximum absolute atomic E-state index is 14.4. The zero-order chi connectivity index (χ0) is 35.0. The van der Waals surface area contributed by atoms with Gasteiger partial charge in [-0.25, -0.2) is 17.8 Å². The van der Waals surface area contributed by atoms with Crippen molar-refractivity contribution in [1.82, 2.24) is 20.3 Å². The van der Waals surface area contributed by atoms with Gasteiger partial charge in [-0.2, -0.15) is 0 Å². The summed E-state index contributed by atoms with van der Waals surface area (Å²) in [6.45, 7) is 1.77. The van der Waals surface area contributed by atoms with E-state index < -0.39 is 22.0 Å². The van der Waals surface area contributed by atoms with E-state index in [0.717, 1.165) is 21.8 Å². The summed E-state index contributed by atoms with van der Waals surface area (Å²) >= 11 is 0. The second kappa shape index (κ2) is 13.1. The van der Waals surface area contributed by atoms with Crippen molar-refractivity contribution >= 4 is 48.9 Å². The molecule has 0 fully saturated rings. The zero-order valence-electron chi connectivity index (χ0n) is 27.5. The fourth-order valence-electron chi connectivity index (χ4n) is 6.06. The number of anilines is 2. The molecule has 1 amide bonds. The van der Waals surface area contributed by atoms with Gasteiger partial charge in [0.2, 0.25) is 0 Å². The average Bonchev–Trinajstić information content (AvgIpc) is 3.61. The summed E-state index contributed by atoms with van der Waals surface area (Å²) in [5, 5.41) is 6.21. The molecule has 2 heterocycles. The predicted molar refractivity (Wildman–Crippen MR) is 196 cm³/mol. The Labute approximate surface area is 288 Å². The van der Waals surface area contributed by atoms with Gasteiger partial charge < -0.3 is 15.2 Å². The van der Waals surface area contributed by atoms with Gasteiger partial charge >= 0.3 is 0 Å². The lowest BCUT2D eigenvalue weighted by Gasteiger charge is -2.20. The van der Waals surface area contributed by atoms with E-state index in [1.165, 1.54) is 12.1 Å². The van der Waals surface area contributed by atoms with E-state index in [2.05, 4.69) is 25.0 Å². The van der Waals surface area contributed by atoms with Gasteiger partial charge in [0.25, 0.3) is 15.9 Å². The second-order valence-electron chi connectivity index (χ2n) is 12.2. The van der Waals surface area contributed by atoms with Crippen molar-refractivity contribution in [1.29, 1.82) is 0 Å². The van der Waals surface area contributed by atoms with Crippen LogP contribution in [-0.4, -0.2) is 43.4 Å². The summed E-state index contributed by atoms with van der Waals surface area (Å²) in [7, 11) is -0.466. The van der Waals surface area contributed by atoms with Crippen LogP contribution < -0.4 is 14.9 Å². The van der Waals surface area contributed by atoms with Gasteiger partial charge in [-0.15, -0.1) is 0 Å². The Morgan fingerprint density at radius 3 is 2.32 bits per heavy atom. The van der Waals surface area contributed by atoms with Gasteiger partial charge in [0, 0.05) is 47.7 Å². The number of nitrogens with one attached hydrogen (secondary N) is 3. The van der Waals surface area contributed by atoms with Crippen molar-refractivity contribution in [2.75, 3.05) is 23.7 Å². The Morgan fingerprint density at radius 2 is 1.54 bits per heavy atom. The number of nitrogens with zero attached hydrogens (tertiary/aromatic N) is 3. The standard InChI is InChI=1S/C39H33FN6O3S/c1-24(25-17-19-28(40)20-18-25)43-39(47)32-14-6-13-31(34-23-42-38(44-34)33-21-26-9-4-5-10-27(26)22-41-33)37(32)45-50(48,49)36-16-8-11-29-30(36)12-7-15-35(29)46(2)3/h4-24,45H,1-3H3,(H,42,44)(H,43,47)/t24-/m1/s1. The van der Waals surface area contributed by atoms with Gasteiger partial charge in [-0.05, 0) is 54.3 Å². The number of pyridine rings is 1. The quantitative estimate of drug-likeness (QED) is 0.142. The number of amides is 1. The van der Waals surface area contributed by atoms with Gasteiger partial charge in [-0.3, -0.25) is 14.5 Å². The third-order valence-corrected chi connectivity index (χ3v) is 10.0. The van der Waals surface area contributed by atoms with Crippen LogP contribution in [0.2, 0.25) is 0 Å². The largest absolute Gasteiger partial charge is 0.377 e. The van der Waals surface area contributed by atoms with Crippen LogP contribution in [0.4, 0.5) is 15.8 Å². The van der Waals surface area contributed by atoms with E-state index in [1.807, 2.05) is 67.5 Å². The Bertz CT molecular complexity index is 2500. The molecule has 0 aliphatic rings. The molecule has 0 unspecified atom stereocenters. The first-order valence-electron chi connectivity index (χ1n) is 15.9. The third-order valence-electron chi connectivity index (χ3n) is 8.63. The normalized spacial score (nSPS) is 12.2. The number of carbonyl (C=O) groups is 1. The molecule has 5 aromatic carbocycles. The monoisotopic (exact) mass is 684 g/mol. The van der Waals surface area contributed by atoms with E-state index in [0.29, 0.717) is 33.7 Å². The number of carbonyl (C=O) groups excluding carboxylic acids is 1. The molecule has 9 nitrogen and oxygen atoms in total. The summed E-state index contributed by atoms with van der Waals surface area (Å²) in [5.74, 6) is -0.435. The SMILES string of the molecule is C[C@@H](NC(=O)c1cccc(-c2cnc(-c3cc4ccccc4cn3)[nH]2)c1NS(=O)(=O)c1cccc2c(N(C)C)cccc12)c1ccc(F)cc1. The van der Waals surface area contributed by atoms with Crippen LogP contribution in [0.15, 0.2) is 126 Å². The molecule has 7 aromatic rings. The van der Waals surface area contributed by atoms with Gasteiger partial charge in [0.05, 0.1) is 34.1 Å². The second-order valence-corrected chi connectivity index (χ2v) is 13.8. The lowest BCUT2D eigenvalue weighted by molar-refractivity contribution is 0.0941. The highest BCUT2D eigenvalue weighted by molar-refractivity contribution is 7.93. The molecular weight excluding hydrogens is 652 g/mol. The minimum Gasteiger partial charge on any atom is -0.377 e. The smallest absolute Gasteiger partial charge is 0.262 e. The first kappa shape index (κ1) is 32.5. The van der Waals surface area contributed by atoms with Gasteiger partial charge in [0.1, 0.15) is 11.5 Å². The molecule has 0 aliphatic heterocycles. The highest BCUT2D eigenvalue weighted by atomic mass is 32.2. The number of halogens is 1. The van der Waals surface area contributed by atoms with Crippen LogP contribution >= 0.6 is 0 Å². The number of sulfonamides is 1. The number of aromatic nitrogens is 3. The minimum absolute atomic E-state index is 0.0604.